The van der Waals surface area contributed by atoms with Gasteiger partial charge in [0.2, 0.25) is 0 Å². The van der Waals surface area contributed by atoms with E-state index in [1.807, 2.05) is 0 Å². The Morgan fingerprint density at radius 2 is 1.78 bits per heavy atom. The topological polar surface area (TPSA) is 55.0 Å². The van der Waals surface area contributed by atoms with Crippen molar-refractivity contribution in [3.63, 3.8) is 0 Å². The fourth-order valence-electron chi connectivity index (χ4n) is 3.49. The van der Waals surface area contributed by atoms with Crippen LogP contribution in [0.15, 0.2) is 54.7 Å². The van der Waals surface area contributed by atoms with Crippen molar-refractivity contribution in [3.8, 4) is 0 Å². The first kappa shape index (κ1) is 14.0. The summed E-state index contributed by atoms with van der Waals surface area (Å²) in [4.78, 5) is 2.47. The average Bonchev–Trinajstić information content (AvgIpc) is 2.63. The number of nitrogen functional groups attached to an aromatic ring is 1. The number of para-hydroxylation sites is 1. The molecule has 1 saturated heterocycles. The Kier molecular flexibility index (Phi) is 3.58. The standard InChI is InChI=1S/C19H20N4/c20-19-18-7-6-15(12-16(18)13-21-22-19)14-8-10-23(11-9-14)17-4-2-1-3-5-17/h1-7,12-14H,8-11H2,(H2,20,22). The van der Waals surface area contributed by atoms with Crippen LogP contribution in [0.1, 0.15) is 24.3 Å². The number of piperidine rings is 1. The second kappa shape index (κ2) is 5.88. The van der Waals surface area contributed by atoms with Crippen molar-refractivity contribution in [2.45, 2.75) is 18.8 Å². The van der Waals surface area contributed by atoms with Crippen LogP contribution in [-0.4, -0.2) is 23.3 Å². The average molecular weight is 304 g/mol. The third kappa shape index (κ3) is 2.72. The van der Waals surface area contributed by atoms with Crippen LogP contribution in [0.5, 0.6) is 0 Å². The lowest BCUT2D eigenvalue weighted by Gasteiger charge is -2.34. The molecule has 23 heavy (non-hydrogen) atoms. The Morgan fingerprint density at radius 1 is 1.00 bits per heavy atom. The number of aromatic nitrogens is 2. The van der Waals surface area contributed by atoms with Crippen LogP contribution in [0.25, 0.3) is 10.8 Å². The van der Waals surface area contributed by atoms with Gasteiger partial charge in [0.05, 0.1) is 6.20 Å². The fraction of sp³-hybridized carbons (Fsp3) is 0.263. The van der Waals surface area contributed by atoms with Gasteiger partial charge in [0.1, 0.15) is 0 Å². The van der Waals surface area contributed by atoms with Crippen LogP contribution in [0.3, 0.4) is 0 Å². The molecule has 1 aromatic heterocycles. The Bertz CT molecular complexity index is 808. The molecular weight excluding hydrogens is 284 g/mol. The summed E-state index contributed by atoms with van der Waals surface area (Å²) < 4.78 is 0. The lowest BCUT2D eigenvalue weighted by atomic mass is 9.88. The van der Waals surface area contributed by atoms with Gasteiger partial charge in [-0.15, -0.1) is 5.10 Å². The van der Waals surface area contributed by atoms with Crippen LogP contribution in [0.4, 0.5) is 11.5 Å². The number of fused-ring (bicyclic) bond motifs is 1. The summed E-state index contributed by atoms with van der Waals surface area (Å²) in [5.41, 5.74) is 8.60. The van der Waals surface area contributed by atoms with Crippen molar-refractivity contribution in [2.75, 3.05) is 23.7 Å². The van der Waals surface area contributed by atoms with E-state index in [0.29, 0.717) is 11.7 Å². The SMILES string of the molecule is Nc1nncc2cc(C3CCN(c4ccccc4)CC3)ccc12. The van der Waals surface area contributed by atoms with Gasteiger partial charge in [-0.25, -0.2) is 0 Å². The van der Waals surface area contributed by atoms with Gasteiger partial charge >= 0.3 is 0 Å². The molecule has 4 nitrogen and oxygen atoms in total. The largest absolute Gasteiger partial charge is 0.382 e. The number of rotatable bonds is 2. The number of hydrogen-bond acceptors (Lipinski definition) is 4. The highest BCUT2D eigenvalue weighted by molar-refractivity contribution is 5.90. The molecule has 2 heterocycles. The molecule has 0 amide bonds. The predicted octanol–water partition coefficient (Wildman–Crippen LogP) is 3.60. The molecule has 0 radical (unpaired) electrons. The third-order valence-electron chi connectivity index (χ3n) is 4.80. The Balaban J connectivity index is 1.52. The quantitative estimate of drug-likeness (QED) is 0.786. The first-order valence-corrected chi connectivity index (χ1v) is 8.12. The van der Waals surface area contributed by atoms with E-state index in [9.17, 15) is 0 Å². The van der Waals surface area contributed by atoms with Gasteiger partial charge in [-0.3, -0.25) is 0 Å². The second-order valence-electron chi connectivity index (χ2n) is 6.17. The van der Waals surface area contributed by atoms with Gasteiger partial charge in [0.15, 0.2) is 5.82 Å². The maximum absolute atomic E-state index is 5.89. The maximum Gasteiger partial charge on any atom is 0.153 e. The van der Waals surface area contributed by atoms with Crippen LogP contribution in [0.2, 0.25) is 0 Å². The van der Waals surface area contributed by atoms with E-state index >= 15 is 0 Å². The second-order valence-corrected chi connectivity index (χ2v) is 6.17. The molecule has 1 aliphatic heterocycles. The van der Waals surface area contributed by atoms with Crippen LogP contribution in [0, 0.1) is 0 Å². The number of nitrogens with two attached hydrogens (primary N) is 1. The minimum atomic E-state index is 0.507. The van der Waals surface area contributed by atoms with E-state index in [2.05, 4.69) is 63.6 Å². The van der Waals surface area contributed by atoms with Gasteiger partial charge < -0.3 is 10.6 Å². The van der Waals surface area contributed by atoms with Crippen molar-refractivity contribution in [1.82, 2.24) is 10.2 Å². The van der Waals surface area contributed by atoms with E-state index in [1.165, 1.54) is 24.1 Å². The lowest BCUT2D eigenvalue weighted by Crippen LogP contribution is -2.32. The maximum atomic E-state index is 5.89. The summed E-state index contributed by atoms with van der Waals surface area (Å²) in [6, 6.07) is 17.2. The highest BCUT2D eigenvalue weighted by atomic mass is 15.1. The Hall–Kier alpha value is -2.62. The Labute approximate surface area is 135 Å². The highest BCUT2D eigenvalue weighted by Gasteiger charge is 2.21. The third-order valence-corrected chi connectivity index (χ3v) is 4.80. The summed E-state index contributed by atoms with van der Waals surface area (Å²) in [6.45, 7) is 2.20. The molecule has 0 unspecified atom stereocenters. The molecule has 0 spiro atoms. The number of hydrogen-bond donors (Lipinski definition) is 1. The molecule has 4 heteroatoms. The van der Waals surface area contributed by atoms with Crippen LogP contribution in [-0.2, 0) is 0 Å². The van der Waals surface area contributed by atoms with Gasteiger partial charge in [0.25, 0.3) is 0 Å². The minimum Gasteiger partial charge on any atom is -0.382 e. The fourth-order valence-corrected chi connectivity index (χ4v) is 3.49. The zero-order valence-electron chi connectivity index (χ0n) is 13.0. The summed E-state index contributed by atoms with van der Waals surface area (Å²) in [7, 11) is 0. The van der Waals surface area contributed by atoms with Crippen molar-refractivity contribution in [2.24, 2.45) is 0 Å². The molecule has 1 aliphatic rings. The van der Waals surface area contributed by atoms with Crippen molar-refractivity contribution in [3.05, 3.63) is 60.3 Å². The first-order chi connectivity index (χ1) is 11.3. The summed E-state index contributed by atoms with van der Waals surface area (Å²) >= 11 is 0. The zero-order chi connectivity index (χ0) is 15.6. The predicted molar refractivity (Wildman–Crippen MR) is 94.6 cm³/mol. The molecule has 0 bridgehead atoms. The van der Waals surface area contributed by atoms with Crippen molar-refractivity contribution < 1.29 is 0 Å². The minimum absolute atomic E-state index is 0.507. The summed E-state index contributed by atoms with van der Waals surface area (Å²) in [6.07, 6.45) is 4.15. The van der Waals surface area contributed by atoms with Gasteiger partial charge in [-0.2, -0.15) is 5.10 Å². The molecule has 2 aromatic carbocycles. The number of benzene rings is 2. The van der Waals surface area contributed by atoms with E-state index in [4.69, 9.17) is 5.73 Å². The molecule has 0 saturated carbocycles. The normalized spacial score (nSPS) is 15.9. The Morgan fingerprint density at radius 3 is 2.57 bits per heavy atom. The van der Waals surface area contributed by atoms with E-state index < -0.39 is 0 Å². The lowest BCUT2D eigenvalue weighted by molar-refractivity contribution is 0.506. The molecule has 116 valence electrons. The molecule has 3 aromatic rings. The van der Waals surface area contributed by atoms with Crippen molar-refractivity contribution >= 4 is 22.3 Å². The molecule has 2 N–H and O–H groups in total. The summed E-state index contributed by atoms with van der Waals surface area (Å²) in [5.74, 6) is 1.11. The number of anilines is 2. The van der Waals surface area contributed by atoms with E-state index in [1.54, 1.807) is 6.20 Å². The molecule has 4 rings (SSSR count). The van der Waals surface area contributed by atoms with Crippen LogP contribution < -0.4 is 10.6 Å². The van der Waals surface area contributed by atoms with E-state index in [0.717, 1.165) is 23.9 Å². The molecule has 0 atom stereocenters. The van der Waals surface area contributed by atoms with Crippen molar-refractivity contribution in [1.29, 1.82) is 0 Å². The molecule has 0 aliphatic carbocycles. The number of nitrogens with zero attached hydrogens (tertiary/aromatic N) is 3. The first-order valence-electron chi connectivity index (χ1n) is 8.12. The van der Waals surface area contributed by atoms with E-state index in [-0.39, 0.29) is 0 Å². The monoisotopic (exact) mass is 304 g/mol. The smallest absolute Gasteiger partial charge is 0.153 e. The summed E-state index contributed by atoms with van der Waals surface area (Å²) in [5, 5.41) is 9.96. The molecule has 1 fully saturated rings. The highest BCUT2D eigenvalue weighted by Crippen LogP contribution is 2.32. The molecular formula is C19H20N4. The van der Waals surface area contributed by atoms with Gasteiger partial charge in [0, 0.05) is 29.5 Å². The van der Waals surface area contributed by atoms with Crippen LogP contribution >= 0.6 is 0 Å². The van der Waals surface area contributed by atoms with Gasteiger partial charge in [-0.05, 0) is 42.5 Å². The van der Waals surface area contributed by atoms with Gasteiger partial charge in [-0.1, -0.05) is 30.3 Å². The zero-order valence-corrected chi connectivity index (χ0v) is 13.0.